The van der Waals surface area contributed by atoms with E-state index in [0.717, 1.165) is 16.7 Å². The Morgan fingerprint density at radius 2 is 1.59 bits per heavy atom. The number of rotatable bonds is 8. The Bertz CT molecular complexity index is 969. The third-order valence-electron chi connectivity index (χ3n) is 4.88. The lowest BCUT2D eigenvalue weighted by Gasteiger charge is -2.21. The largest absolute Gasteiger partial charge is 0.494 e. The summed E-state index contributed by atoms with van der Waals surface area (Å²) in [5.41, 5.74) is 4.45. The number of hydrogen-bond donors (Lipinski definition) is 2. The van der Waals surface area contributed by atoms with Crippen LogP contribution in [0.1, 0.15) is 49.1 Å². The average molecular weight is 419 g/mol. The van der Waals surface area contributed by atoms with Crippen LogP contribution < -0.4 is 14.8 Å². The Balaban J connectivity index is 2.06. The highest BCUT2D eigenvalue weighted by Crippen LogP contribution is 2.22. The van der Waals surface area contributed by atoms with Crippen LogP contribution in [0.2, 0.25) is 0 Å². The Morgan fingerprint density at radius 1 is 1.00 bits per heavy atom. The molecule has 0 aliphatic carbocycles. The molecule has 2 aromatic rings. The van der Waals surface area contributed by atoms with Gasteiger partial charge in [0.05, 0.1) is 23.6 Å². The van der Waals surface area contributed by atoms with Crippen LogP contribution in [-0.4, -0.2) is 27.0 Å². The number of nitrogens with one attached hydrogen (secondary N) is 2. The molecule has 0 bridgehead atoms. The van der Waals surface area contributed by atoms with Gasteiger partial charge in [-0.1, -0.05) is 12.1 Å². The first-order valence-corrected chi connectivity index (χ1v) is 11.2. The smallest absolute Gasteiger partial charge is 0.241 e. The van der Waals surface area contributed by atoms with Gasteiger partial charge in [-0.15, -0.1) is 0 Å². The minimum absolute atomic E-state index is 0.0821. The number of amides is 1. The number of sulfonamides is 1. The summed E-state index contributed by atoms with van der Waals surface area (Å²) in [6.07, 6.45) is 0. The molecule has 1 amide bonds. The minimum atomic E-state index is -3.82. The van der Waals surface area contributed by atoms with Crippen molar-refractivity contribution in [2.45, 2.75) is 58.5 Å². The molecule has 0 aromatic heterocycles. The van der Waals surface area contributed by atoms with Crippen LogP contribution in [0.15, 0.2) is 41.3 Å². The molecule has 0 saturated carbocycles. The molecule has 0 fully saturated rings. The lowest BCUT2D eigenvalue weighted by Crippen LogP contribution is -2.45. The van der Waals surface area contributed by atoms with E-state index < -0.39 is 16.1 Å². The average Bonchev–Trinajstić information content (AvgIpc) is 2.65. The van der Waals surface area contributed by atoms with Gasteiger partial charge in [-0.05, 0) is 88.1 Å². The second-order valence-corrected chi connectivity index (χ2v) is 8.98. The fourth-order valence-electron chi connectivity index (χ4n) is 3.10. The van der Waals surface area contributed by atoms with Crippen LogP contribution in [0.25, 0.3) is 0 Å². The van der Waals surface area contributed by atoms with Gasteiger partial charge in [0.2, 0.25) is 15.9 Å². The predicted octanol–water partition coefficient (Wildman–Crippen LogP) is 3.55. The molecule has 0 radical (unpaired) electrons. The summed E-state index contributed by atoms with van der Waals surface area (Å²) in [5, 5.41) is 2.90. The maximum atomic E-state index is 12.6. The molecular weight excluding hydrogens is 388 g/mol. The monoisotopic (exact) mass is 418 g/mol. The van der Waals surface area contributed by atoms with Crippen molar-refractivity contribution < 1.29 is 17.9 Å². The molecule has 6 nitrogen and oxygen atoms in total. The van der Waals surface area contributed by atoms with Crippen LogP contribution >= 0.6 is 0 Å². The van der Waals surface area contributed by atoms with Crippen LogP contribution in [0.4, 0.5) is 0 Å². The number of ether oxygens (including phenoxy) is 1. The van der Waals surface area contributed by atoms with Gasteiger partial charge in [-0.25, -0.2) is 8.42 Å². The highest BCUT2D eigenvalue weighted by molar-refractivity contribution is 7.89. The third-order valence-corrected chi connectivity index (χ3v) is 6.43. The molecule has 158 valence electrons. The zero-order valence-corrected chi connectivity index (χ0v) is 18.7. The normalized spacial score (nSPS) is 13.6. The fourth-order valence-corrected chi connectivity index (χ4v) is 4.30. The van der Waals surface area contributed by atoms with Crippen LogP contribution in [0.3, 0.4) is 0 Å². The van der Waals surface area contributed by atoms with E-state index in [-0.39, 0.29) is 16.8 Å². The fraction of sp³-hybridized carbons (Fsp3) is 0.409. The summed E-state index contributed by atoms with van der Waals surface area (Å²) in [6, 6.07) is 9.09. The molecule has 0 aliphatic heterocycles. The van der Waals surface area contributed by atoms with Crippen molar-refractivity contribution in [2.75, 3.05) is 6.61 Å². The first-order valence-electron chi connectivity index (χ1n) is 9.68. The summed E-state index contributed by atoms with van der Waals surface area (Å²) in [6.45, 7) is 11.9. The molecular formula is C22H30N2O4S. The summed E-state index contributed by atoms with van der Waals surface area (Å²) in [5.74, 6) is 0.208. The van der Waals surface area contributed by atoms with Crippen molar-refractivity contribution in [1.82, 2.24) is 10.0 Å². The molecule has 0 spiro atoms. The Hall–Kier alpha value is -2.38. The number of hydrogen-bond acceptors (Lipinski definition) is 4. The highest BCUT2D eigenvalue weighted by atomic mass is 32.2. The molecule has 29 heavy (non-hydrogen) atoms. The summed E-state index contributed by atoms with van der Waals surface area (Å²) >= 11 is 0. The van der Waals surface area contributed by atoms with Crippen molar-refractivity contribution in [3.8, 4) is 5.75 Å². The van der Waals surface area contributed by atoms with E-state index in [9.17, 15) is 13.2 Å². The molecule has 0 unspecified atom stereocenters. The number of benzene rings is 2. The first-order chi connectivity index (χ1) is 13.5. The predicted molar refractivity (Wildman–Crippen MR) is 115 cm³/mol. The number of aryl methyl sites for hydroxylation is 3. The molecule has 2 atom stereocenters. The Kier molecular flexibility index (Phi) is 7.43. The van der Waals surface area contributed by atoms with Gasteiger partial charge < -0.3 is 10.1 Å². The number of carbonyl (C=O) groups is 1. The topological polar surface area (TPSA) is 84.5 Å². The third kappa shape index (κ3) is 5.81. The van der Waals surface area contributed by atoms with Gasteiger partial charge in [0.15, 0.2) is 0 Å². The maximum absolute atomic E-state index is 12.6. The van der Waals surface area contributed by atoms with Crippen molar-refractivity contribution in [2.24, 2.45) is 0 Å². The van der Waals surface area contributed by atoms with E-state index in [1.165, 1.54) is 24.6 Å². The lowest BCUT2D eigenvalue weighted by atomic mass is 9.96. The highest BCUT2D eigenvalue weighted by Gasteiger charge is 2.23. The van der Waals surface area contributed by atoms with E-state index in [2.05, 4.69) is 22.2 Å². The molecule has 0 heterocycles. The SMILES string of the molecule is CCOc1ccc(S(=O)(=O)N[C@@H](C)C(=O)N[C@H](C)c2cc(C)c(C)cc2C)cc1. The van der Waals surface area contributed by atoms with Crippen LogP contribution in [0.5, 0.6) is 5.75 Å². The van der Waals surface area contributed by atoms with E-state index in [4.69, 9.17) is 4.74 Å². The molecule has 2 aromatic carbocycles. The van der Waals surface area contributed by atoms with Gasteiger partial charge in [0.25, 0.3) is 0 Å². The molecule has 7 heteroatoms. The second kappa shape index (κ2) is 9.41. The lowest BCUT2D eigenvalue weighted by molar-refractivity contribution is -0.123. The summed E-state index contributed by atoms with van der Waals surface area (Å²) < 4.78 is 32.9. The molecule has 2 rings (SSSR count). The van der Waals surface area contributed by atoms with Gasteiger partial charge in [-0.3, -0.25) is 4.79 Å². The van der Waals surface area contributed by atoms with Gasteiger partial charge in [-0.2, -0.15) is 4.72 Å². The quantitative estimate of drug-likeness (QED) is 0.687. The second-order valence-electron chi connectivity index (χ2n) is 7.27. The zero-order valence-electron chi connectivity index (χ0n) is 17.9. The first kappa shape index (κ1) is 22.9. The van der Waals surface area contributed by atoms with Gasteiger partial charge in [0.1, 0.15) is 5.75 Å². The van der Waals surface area contributed by atoms with Crippen LogP contribution in [0, 0.1) is 20.8 Å². The number of carbonyl (C=O) groups excluding carboxylic acids is 1. The Morgan fingerprint density at radius 3 is 2.17 bits per heavy atom. The minimum Gasteiger partial charge on any atom is -0.494 e. The van der Waals surface area contributed by atoms with Crippen LogP contribution in [-0.2, 0) is 14.8 Å². The molecule has 0 aliphatic rings. The van der Waals surface area contributed by atoms with E-state index in [1.807, 2.05) is 34.6 Å². The van der Waals surface area contributed by atoms with Crippen molar-refractivity contribution >= 4 is 15.9 Å². The molecule has 0 saturated heterocycles. The van der Waals surface area contributed by atoms with E-state index >= 15 is 0 Å². The van der Waals surface area contributed by atoms with E-state index in [0.29, 0.717) is 12.4 Å². The standard InChI is InChI=1S/C22H30N2O4S/c1-7-28-19-8-10-20(11-9-19)29(26,27)24-18(6)22(25)23-17(5)21-13-15(3)14(2)12-16(21)4/h8-13,17-18,24H,7H2,1-6H3,(H,23,25)/t17-,18+/m1/s1. The van der Waals surface area contributed by atoms with Gasteiger partial charge >= 0.3 is 0 Å². The van der Waals surface area contributed by atoms with Crippen molar-refractivity contribution in [1.29, 1.82) is 0 Å². The summed E-state index contributed by atoms with van der Waals surface area (Å²) in [7, 11) is -3.82. The molecule has 2 N–H and O–H groups in total. The van der Waals surface area contributed by atoms with E-state index in [1.54, 1.807) is 12.1 Å². The Labute approximate surface area is 173 Å². The van der Waals surface area contributed by atoms with Gasteiger partial charge in [0, 0.05) is 0 Å². The summed E-state index contributed by atoms with van der Waals surface area (Å²) in [4.78, 5) is 12.7. The van der Waals surface area contributed by atoms with Crippen molar-refractivity contribution in [3.05, 3.63) is 58.7 Å². The maximum Gasteiger partial charge on any atom is 0.241 e. The zero-order chi connectivity index (χ0) is 21.8. The van der Waals surface area contributed by atoms with Crippen molar-refractivity contribution in [3.63, 3.8) is 0 Å².